The Kier molecular flexibility index (Phi) is 22.6. The molecule has 2 saturated heterocycles. The standard InChI is InChI=1S/C44H70B2N8O15S/c1-27-37(70-26-51-27)29-10-8-28(9-11-29)20-50-39(58)33-19-31(55)22-54(33)41(60)38(43(2,3)4)52-36(57)24-69-18-16-67-15-17-68-23-35(56)49-14-6-5-7-32(47)40(59)53-21-30(44(48,25-53)42(61)62)12-13-34(45(63)64)46(65)66/h8-11,26,30-34,38,55,63-66H,5-7,12-25,47-48H2,1-4H3,(H,49,56)(H,50,58)(H,52,57)(H,61,62)/t30-,31+,32-,33-,38+,44-/m0/s1. The number of aromatic nitrogens is 1. The molecule has 0 aliphatic carbocycles. The number of nitrogens with two attached hydrogens (primary N) is 2. The van der Waals surface area contributed by atoms with Gasteiger partial charge in [0.2, 0.25) is 29.5 Å². The molecule has 23 nitrogen and oxygen atoms in total. The van der Waals surface area contributed by atoms with Gasteiger partial charge >= 0.3 is 20.2 Å². The number of aliphatic hydroxyl groups is 1. The maximum Gasteiger partial charge on any atom is 0.452 e. The number of aryl methyl sites for hydroxylation is 1. The fourth-order valence-electron chi connectivity index (χ4n) is 8.32. The van der Waals surface area contributed by atoms with Crippen molar-refractivity contribution in [2.75, 3.05) is 65.8 Å². The lowest BCUT2D eigenvalue weighted by Gasteiger charge is -2.35. The number of aliphatic hydroxyl groups excluding tert-OH is 1. The first-order valence-corrected chi connectivity index (χ1v) is 24.2. The minimum atomic E-state index is -2.05. The molecule has 0 spiro atoms. The van der Waals surface area contributed by atoms with Gasteiger partial charge in [-0.25, -0.2) is 4.98 Å². The summed E-state index contributed by atoms with van der Waals surface area (Å²) in [5, 5.41) is 66.3. The van der Waals surface area contributed by atoms with E-state index in [1.54, 1.807) is 37.6 Å². The molecule has 6 atom stereocenters. The van der Waals surface area contributed by atoms with E-state index in [0.29, 0.717) is 12.8 Å². The normalized spacial score (nSPS) is 20.0. The topological polar surface area (TPSA) is 359 Å². The minimum absolute atomic E-state index is 0.0198. The van der Waals surface area contributed by atoms with Crippen molar-refractivity contribution in [2.45, 2.75) is 108 Å². The number of benzene rings is 1. The van der Waals surface area contributed by atoms with E-state index in [-0.39, 0.29) is 104 Å². The van der Waals surface area contributed by atoms with Gasteiger partial charge in [0.15, 0.2) is 0 Å². The van der Waals surface area contributed by atoms with E-state index in [2.05, 4.69) is 20.9 Å². The van der Waals surface area contributed by atoms with Crippen molar-refractivity contribution < 1.29 is 73.3 Å². The third-order valence-electron chi connectivity index (χ3n) is 12.4. The van der Waals surface area contributed by atoms with Crippen LogP contribution in [0.25, 0.3) is 10.4 Å². The van der Waals surface area contributed by atoms with Crippen LogP contribution in [0.5, 0.6) is 0 Å². The van der Waals surface area contributed by atoms with Gasteiger partial charge in [-0.15, -0.1) is 11.3 Å². The van der Waals surface area contributed by atoms with E-state index in [0.717, 1.165) is 21.7 Å². The number of ether oxygens (including phenoxy) is 3. The van der Waals surface area contributed by atoms with Crippen molar-refractivity contribution in [3.63, 3.8) is 0 Å². The summed E-state index contributed by atoms with van der Waals surface area (Å²) in [5.74, 6) is -4.50. The van der Waals surface area contributed by atoms with Gasteiger partial charge in [0, 0.05) is 50.8 Å². The summed E-state index contributed by atoms with van der Waals surface area (Å²) in [7, 11) is -4.10. The van der Waals surface area contributed by atoms with Crippen molar-refractivity contribution in [1.82, 2.24) is 30.7 Å². The minimum Gasteiger partial charge on any atom is -0.480 e. The lowest BCUT2D eigenvalue weighted by atomic mass is 9.50. The first-order valence-electron chi connectivity index (χ1n) is 23.4. The number of likely N-dealkylation sites (tertiary alicyclic amines) is 2. The first kappa shape index (κ1) is 58.0. The molecule has 5 amide bonds. The second kappa shape index (κ2) is 27.3. The Hall–Kier alpha value is -4.60. The fourth-order valence-corrected chi connectivity index (χ4v) is 9.13. The van der Waals surface area contributed by atoms with Crippen molar-refractivity contribution in [3.8, 4) is 10.4 Å². The zero-order valence-corrected chi connectivity index (χ0v) is 41.1. The van der Waals surface area contributed by atoms with Gasteiger partial charge in [0.05, 0.1) is 54.7 Å². The number of rotatable bonds is 28. The Morgan fingerprint density at radius 3 is 2.11 bits per heavy atom. The number of amides is 5. The molecule has 3 heterocycles. The third kappa shape index (κ3) is 17.0. The highest BCUT2D eigenvalue weighted by molar-refractivity contribution is 7.13. The Morgan fingerprint density at radius 2 is 1.53 bits per heavy atom. The van der Waals surface area contributed by atoms with E-state index < -0.39 is 90.7 Å². The summed E-state index contributed by atoms with van der Waals surface area (Å²) in [5.41, 5.74) is 13.0. The van der Waals surface area contributed by atoms with Crippen molar-refractivity contribution >= 4 is 61.1 Å². The monoisotopic (exact) mass is 1000 g/mol. The van der Waals surface area contributed by atoms with Gasteiger partial charge in [-0.3, -0.25) is 28.8 Å². The highest BCUT2D eigenvalue weighted by Gasteiger charge is 2.52. The summed E-state index contributed by atoms with van der Waals surface area (Å²) in [6.45, 7) is 7.17. The fraction of sp³-hybridized carbons (Fsp3) is 0.659. The molecular formula is C44H70B2N8O15S. The maximum absolute atomic E-state index is 13.9. The van der Waals surface area contributed by atoms with Crippen LogP contribution in [-0.4, -0.2) is 190 Å². The van der Waals surface area contributed by atoms with Crippen LogP contribution in [-0.2, 0) is 49.5 Å². The lowest BCUT2D eigenvalue weighted by Crippen LogP contribution is -2.58. The predicted molar refractivity (Wildman–Crippen MR) is 257 cm³/mol. The molecule has 1 aromatic carbocycles. The van der Waals surface area contributed by atoms with Crippen LogP contribution in [0.2, 0.25) is 5.72 Å². The summed E-state index contributed by atoms with van der Waals surface area (Å²) >= 11 is 1.55. The molecular weight excluding hydrogens is 934 g/mol. The molecule has 70 heavy (non-hydrogen) atoms. The van der Waals surface area contributed by atoms with Gasteiger partial charge in [-0.2, -0.15) is 0 Å². The van der Waals surface area contributed by atoms with Crippen LogP contribution in [0, 0.1) is 18.3 Å². The second-order valence-corrected chi connectivity index (χ2v) is 19.8. The van der Waals surface area contributed by atoms with Gasteiger partial charge in [0.25, 0.3) is 0 Å². The van der Waals surface area contributed by atoms with E-state index in [1.807, 2.05) is 31.2 Å². The molecule has 388 valence electrons. The van der Waals surface area contributed by atoms with E-state index in [4.69, 9.17) is 25.7 Å². The van der Waals surface area contributed by atoms with Crippen LogP contribution >= 0.6 is 11.3 Å². The highest BCUT2D eigenvalue weighted by Crippen LogP contribution is 2.33. The number of thiazole rings is 1. The van der Waals surface area contributed by atoms with Crippen LogP contribution in [0.15, 0.2) is 29.8 Å². The highest BCUT2D eigenvalue weighted by atomic mass is 32.1. The molecule has 2 aliphatic heterocycles. The van der Waals surface area contributed by atoms with Gasteiger partial charge in [0.1, 0.15) is 30.8 Å². The number of hydrogen-bond donors (Lipinski definition) is 11. The lowest BCUT2D eigenvalue weighted by molar-refractivity contribution is -0.144. The Morgan fingerprint density at radius 1 is 0.900 bits per heavy atom. The average Bonchev–Trinajstić information content (AvgIpc) is 4.02. The summed E-state index contributed by atoms with van der Waals surface area (Å²) in [4.78, 5) is 85.5. The van der Waals surface area contributed by atoms with Crippen LogP contribution in [0.4, 0.5) is 0 Å². The predicted octanol–water partition coefficient (Wildman–Crippen LogP) is -2.23. The van der Waals surface area contributed by atoms with Gasteiger partial charge < -0.3 is 81.7 Å². The van der Waals surface area contributed by atoms with Crippen LogP contribution < -0.4 is 27.4 Å². The average molecular weight is 1000 g/mol. The largest absolute Gasteiger partial charge is 0.480 e. The van der Waals surface area contributed by atoms with Crippen molar-refractivity contribution in [2.24, 2.45) is 22.8 Å². The second-order valence-electron chi connectivity index (χ2n) is 18.9. The number of carbonyl (C=O) groups is 6. The van der Waals surface area contributed by atoms with Crippen molar-refractivity contribution in [1.29, 1.82) is 0 Å². The van der Waals surface area contributed by atoms with Crippen molar-refractivity contribution in [3.05, 3.63) is 41.0 Å². The zero-order valence-electron chi connectivity index (χ0n) is 40.3. The number of β-amino-alcohol motifs (C(OH)–C–C–N with tert-alkyl or cyclic N) is 1. The third-order valence-corrected chi connectivity index (χ3v) is 13.4. The molecule has 13 N–H and O–H groups in total. The molecule has 0 bridgehead atoms. The molecule has 0 radical (unpaired) electrons. The quantitative estimate of drug-likeness (QED) is 0.0317. The van der Waals surface area contributed by atoms with E-state index in [1.165, 1.54) is 9.80 Å². The van der Waals surface area contributed by atoms with Crippen LogP contribution in [0.1, 0.15) is 70.6 Å². The number of carboxylic acid groups (broad SMARTS) is 1. The van der Waals surface area contributed by atoms with Gasteiger partial charge in [-0.05, 0) is 49.1 Å². The SMILES string of the molecule is Cc1ncsc1-c1ccc(CNC(=O)[C@@H]2C[C@@H](O)CN2C(=O)[C@@H](NC(=O)COCCOCCOCC(=O)NCCCC[C@H](N)C(=O)N2C[C@H](CCC(B(O)O)B(O)O)[C@](N)(C(=O)O)C2)C(C)(C)C)cc1. The molecule has 2 aromatic rings. The number of aliphatic carboxylic acids is 1. The van der Waals surface area contributed by atoms with E-state index >= 15 is 0 Å². The molecule has 1 aromatic heterocycles. The number of hydrogen-bond acceptors (Lipinski definition) is 18. The molecule has 4 rings (SSSR count). The first-order chi connectivity index (χ1) is 33.0. The number of nitrogens with zero attached hydrogens (tertiary/aromatic N) is 3. The zero-order chi connectivity index (χ0) is 51.8. The summed E-state index contributed by atoms with van der Waals surface area (Å²) in [6, 6.07) is 4.84. The maximum atomic E-state index is 13.9. The number of unbranched alkanes of at least 4 members (excludes halogenated alkanes) is 1. The number of nitrogens with one attached hydrogen (secondary N) is 3. The number of carbonyl (C=O) groups excluding carboxylic acids is 5. The number of carboxylic acids is 1. The molecule has 26 heteroatoms. The molecule has 2 aliphatic rings. The Labute approximate surface area is 412 Å². The Bertz CT molecular complexity index is 2040. The Balaban J connectivity index is 1.06. The van der Waals surface area contributed by atoms with Crippen LogP contribution in [0.3, 0.4) is 0 Å². The smallest absolute Gasteiger partial charge is 0.452 e. The summed E-state index contributed by atoms with van der Waals surface area (Å²) in [6.07, 6.45) is 0.163. The summed E-state index contributed by atoms with van der Waals surface area (Å²) < 4.78 is 16.3. The van der Waals surface area contributed by atoms with E-state index in [9.17, 15) is 59.1 Å². The molecule has 0 saturated carbocycles. The van der Waals surface area contributed by atoms with Gasteiger partial charge in [-0.1, -0.05) is 51.5 Å². The molecule has 0 unspecified atom stereocenters. The molecule has 2 fully saturated rings.